The fourth-order valence-corrected chi connectivity index (χ4v) is 2.95. The van der Waals surface area contributed by atoms with Crippen molar-refractivity contribution in [2.24, 2.45) is 0 Å². The maximum absolute atomic E-state index is 10.8. The van der Waals surface area contributed by atoms with Gasteiger partial charge in [-0.2, -0.15) is 0 Å². The van der Waals surface area contributed by atoms with Crippen molar-refractivity contribution >= 4 is 0 Å². The maximum Gasteiger partial charge on any atom is 0.115 e. The Hall–Kier alpha value is -1.84. The first kappa shape index (κ1) is 14.1. The van der Waals surface area contributed by atoms with Crippen LogP contribution in [0.1, 0.15) is 36.1 Å². The van der Waals surface area contributed by atoms with Gasteiger partial charge in [-0.1, -0.05) is 36.4 Å². The van der Waals surface area contributed by atoms with E-state index in [0.717, 1.165) is 12.0 Å². The normalized spacial score (nSPS) is 20.6. The van der Waals surface area contributed by atoms with Crippen LogP contribution >= 0.6 is 0 Å². The molecule has 2 aromatic rings. The van der Waals surface area contributed by atoms with Crippen LogP contribution in [0.15, 0.2) is 48.5 Å². The van der Waals surface area contributed by atoms with Crippen molar-refractivity contribution in [1.29, 1.82) is 0 Å². The zero-order valence-corrected chi connectivity index (χ0v) is 12.1. The van der Waals surface area contributed by atoms with Gasteiger partial charge in [-0.05, 0) is 42.2 Å². The van der Waals surface area contributed by atoms with Crippen molar-refractivity contribution in [3.8, 4) is 5.75 Å². The molecule has 1 aliphatic rings. The molecule has 1 heterocycles. The molecule has 110 valence electrons. The number of aliphatic hydroxyl groups is 1. The zero-order chi connectivity index (χ0) is 14.9. The molecule has 0 radical (unpaired) electrons. The van der Waals surface area contributed by atoms with E-state index in [1.54, 1.807) is 31.2 Å². The summed E-state index contributed by atoms with van der Waals surface area (Å²) in [7, 11) is 0. The maximum atomic E-state index is 10.8. The number of hydrogen-bond acceptors (Lipinski definition) is 3. The zero-order valence-electron chi connectivity index (χ0n) is 12.1. The van der Waals surface area contributed by atoms with E-state index in [1.807, 2.05) is 12.1 Å². The van der Waals surface area contributed by atoms with E-state index in [1.165, 1.54) is 11.1 Å². The van der Waals surface area contributed by atoms with Gasteiger partial charge in [0, 0.05) is 6.42 Å². The number of phenolic OH excluding ortho intramolecular Hbond substituents is 1. The molecule has 2 aromatic carbocycles. The summed E-state index contributed by atoms with van der Waals surface area (Å²) in [6.07, 6.45) is 1.32. The third-order valence-electron chi connectivity index (χ3n) is 4.16. The summed E-state index contributed by atoms with van der Waals surface area (Å²) in [6, 6.07) is 15.0. The van der Waals surface area contributed by atoms with Gasteiger partial charge in [0.05, 0.1) is 18.3 Å². The fourth-order valence-electron chi connectivity index (χ4n) is 2.95. The van der Waals surface area contributed by atoms with Crippen molar-refractivity contribution in [2.75, 3.05) is 6.61 Å². The number of fused-ring (bicyclic) bond motifs is 1. The van der Waals surface area contributed by atoms with Crippen LogP contribution in [0, 0.1) is 0 Å². The fraction of sp³-hybridized carbons (Fsp3) is 0.333. The summed E-state index contributed by atoms with van der Waals surface area (Å²) in [5.74, 6) is 0.203. The van der Waals surface area contributed by atoms with Crippen LogP contribution < -0.4 is 0 Å². The summed E-state index contributed by atoms with van der Waals surface area (Å²) in [6.45, 7) is 2.48. The number of ether oxygens (including phenoxy) is 1. The highest BCUT2D eigenvalue weighted by atomic mass is 16.5. The molecule has 3 rings (SSSR count). The van der Waals surface area contributed by atoms with Gasteiger partial charge < -0.3 is 14.9 Å². The average molecular weight is 284 g/mol. The molecule has 0 spiro atoms. The molecule has 2 unspecified atom stereocenters. The van der Waals surface area contributed by atoms with E-state index < -0.39 is 5.60 Å². The molecule has 3 nitrogen and oxygen atoms in total. The molecule has 21 heavy (non-hydrogen) atoms. The van der Waals surface area contributed by atoms with Crippen LogP contribution in [-0.2, 0) is 16.8 Å². The molecule has 2 atom stereocenters. The van der Waals surface area contributed by atoms with Crippen molar-refractivity contribution in [3.05, 3.63) is 65.2 Å². The van der Waals surface area contributed by atoms with Crippen LogP contribution in [0.4, 0.5) is 0 Å². The van der Waals surface area contributed by atoms with Gasteiger partial charge in [0.2, 0.25) is 0 Å². The van der Waals surface area contributed by atoms with Crippen LogP contribution in [0.3, 0.4) is 0 Å². The first-order chi connectivity index (χ1) is 10.1. The third-order valence-corrected chi connectivity index (χ3v) is 4.16. The Morgan fingerprint density at radius 1 is 1.14 bits per heavy atom. The molecule has 1 aliphatic heterocycles. The van der Waals surface area contributed by atoms with E-state index in [2.05, 4.69) is 12.1 Å². The Morgan fingerprint density at radius 2 is 1.86 bits per heavy atom. The lowest BCUT2D eigenvalue weighted by molar-refractivity contribution is -0.0399. The minimum atomic E-state index is -0.997. The summed E-state index contributed by atoms with van der Waals surface area (Å²) in [5, 5.41) is 20.2. The van der Waals surface area contributed by atoms with E-state index in [9.17, 15) is 10.2 Å². The molecule has 0 bridgehead atoms. The Bertz CT molecular complexity index is 617. The van der Waals surface area contributed by atoms with Crippen molar-refractivity contribution < 1.29 is 14.9 Å². The van der Waals surface area contributed by atoms with Gasteiger partial charge >= 0.3 is 0 Å². The molecule has 3 heteroatoms. The summed E-state index contributed by atoms with van der Waals surface area (Å²) in [4.78, 5) is 0. The SMILES string of the molecule is CC(O)(CC1OCCc2ccccc21)c1ccc(O)cc1. The Balaban J connectivity index is 1.84. The molecule has 0 aliphatic carbocycles. The minimum Gasteiger partial charge on any atom is -0.508 e. The molecule has 0 aromatic heterocycles. The Kier molecular flexibility index (Phi) is 3.70. The third kappa shape index (κ3) is 2.94. The number of benzene rings is 2. The molecule has 0 fully saturated rings. The van der Waals surface area contributed by atoms with E-state index in [-0.39, 0.29) is 11.9 Å². The molecular weight excluding hydrogens is 264 g/mol. The van der Waals surface area contributed by atoms with Crippen molar-refractivity contribution in [2.45, 2.75) is 31.5 Å². The van der Waals surface area contributed by atoms with E-state index in [0.29, 0.717) is 13.0 Å². The topological polar surface area (TPSA) is 49.7 Å². The molecule has 0 amide bonds. The monoisotopic (exact) mass is 284 g/mol. The molecule has 0 saturated heterocycles. The second-order valence-corrected chi connectivity index (χ2v) is 5.83. The minimum absolute atomic E-state index is 0.0984. The summed E-state index contributed by atoms with van der Waals surface area (Å²) in [5.41, 5.74) is 2.26. The van der Waals surface area contributed by atoms with E-state index in [4.69, 9.17) is 4.74 Å². The standard InChI is InChI=1S/C18H20O3/c1-18(20,14-6-8-15(19)9-7-14)12-17-16-5-3-2-4-13(16)10-11-21-17/h2-9,17,19-20H,10-12H2,1H3. The predicted molar refractivity (Wildman–Crippen MR) is 81.1 cm³/mol. The predicted octanol–water partition coefficient (Wildman–Crippen LogP) is 3.30. The Labute approximate surface area is 124 Å². The smallest absolute Gasteiger partial charge is 0.115 e. The van der Waals surface area contributed by atoms with Gasteiger partial charge in [-0.3, -0.25) is 0 Å². The lowest BCUT2D eigenvalue weighted by Gasteiger charge is -2.32. The van der Waals surface area contributed by atoms with Gasteiger partial charge in [0.1, 0.15) is 5.75 Å². The van der Waals surface area contributed by atoms with Crippen LogP contribution in [0.5, 0.6) is 5.75 Å². The molecule has 2 N–H and O–H groups in total. The number of hydrogen-bond donors (Lipinski definition) is 2. The van der Waals surface area contributed by atoms with Crippen LogP contribution in [0.2, 0.25) is 0 Å². The lowest BCUT2D eigenvalue weighted by atomic mass is 9.85. The van der Waals surface area contributed by atoms with Crippen molar-refractivity contribution in [1.82, 2.24) is 0 Å². The van der Waals surface area contributed by atoms with Crippen LogP contribution in [0.25, 0.3) is 0 Å². The first-order valence-electron chi connectivity index (χ1n) is 7.27. The van der Waals surface area contributed by atoms with Crippen LogP contribution in [-0.4, -0.2) is 16.8 Å². The van der Waals surface area contributed by atoms with Gasteiger partial charge in [0.15, 0.2) is 0 Å². The molecule has 0 saturated carbocycles. The number of phenols is 1. The highest BCUT2D eigenvalue weighted by molar-refractivity contribution is 5.33. The lowest BCUT2D eigenvalue weighted by Crippen LogP contribution is -2.28. The van der Waals surface area contributed by atoms with Gasteiger partial charge in [0.25, 0.3) is 0 Å². The molecular formula is C18H20O3. The average Bonchev–Trinajstić information content (AvgIpc) is 2.48. The second-order valence-electron chi connectivity index (χ2n) is 5.83. The largest absolute Gasteiger partial charge is 0.508 e. The number of aromatic hydroxyl groups is 1. The first-order valence-corrected chi connectivity index (χ1v) is 7.27. The van der Waals surface area contributed by atoms with E-state index >= 15 is 0 Å². The quantitative estimate of drug-likeness (QED) is 0.909. The van der Waals surface area contributed by atoms with Crippen molar-refractivity contribution in [3.63, 3.8) is 0 Å². The van der Waals surface area contributed by atoms with Gasteiger partial charge in [-0.15, -0.1) is 0 Å². The van der Waals surface area contributed by atoms with Gasteiger partial charge in [-0.25, -0.2) is 0 Å². The summed E-state index contributed by atoms with van der Waals surface area (Å²) < 4.78 is 5.88. The second kappa shape index (κ2) is 5.51. The highest BCUT2D eigenvalue weighted by Crippen LogP contribution is 2.37. The highest BCUT2D eigenvalue weighted by Gasteiger charge is 2.31. The Morgan fingerprint density at radius 3 is 2.62 bits per heavy atom. The summed E-state index contributed by atoms with van der Waals surface area (Å²) >= 11 is 0. The number of rotatable bonds is 3.